The quantitative estimate of drug-likeness (QED) is 0.831. The molecule has 1 aliphatic heterocycles. The van der Waals surface area contributed by atoms with E-state index in [1.807, 2.05) is 19.1 Å². The van der Waals surface area contributed by atoms with E-state index in [-0.39, 0.29) is 17.7 Å². The van der Waals surface area contributed by atoms with Gasteiger partial charge in [-0.1, -0.05) is 18.2 Å². The summed E-state index contributed by atoms with van der Waals surface area (Å²) in [5, 5.41) is 0. The van der Waals surface area contributed by atoms with Crippen molar-refractivity contribution in [3.63, 3.8) is 0 Å². The molecule has 1 aliphatic rings. The van der Waals surface area contributed by atoms with Gasteiger partial charge in [-0.15, -0.1) is 0 Å². The molecular weight excluding hydrogens is 331 g/mol. The largest absolute Gasteiger partial charge is 0.473 e. The van der Waals surface area contributed by atoms with Crippen LogP contribution in [0, 0.1) is 12.7 Å². The Morgan fingerprint density at radius 2 is 2.00 bits per heavy atom. The molecule has 1 unspecified atom stereocenters. The van der Waals surface area contributed by atoms with E-state index in [1.54, 1.807) is 6.07 Å². The zero-order valence-corrected chi connectivity index (χ0v) is 14.2. The first kappa shape index (κ1) is 16.9. The average molecular weight is 350 g/mol. The van der Waals surface area contributed by atoms with E-state index in [0.29, 0.717) is 31.0 Å². The van der Waals surface area contributed by atoms with Gasteiger partial charge in [-0.2, -0.15) is 4.31 Å². The van der Waals surface area contributed by atoms with Crippen LogP contribution >= 0.6 is 0 Å². The van der Waals surface area contributed by atoms with Crippen molar-refractivity contribution in [3.8, 4) is 5.88 Å². The highest BCUT2D eigenvalue weighted by Crippen LogP contribution is 2.21. The van der Waals surface area contributed by atoms with Crippen molar-refractivity contribution in [2.24, 2.45) is 0 Å². The first-order chi connectivity index (χ1) is 11.4. The maximum atomic E-state index is 12.9. The van der Waals surface area contributed by atoms with Crippen LogP contribution in [0.5, 0.6) is 5.88 Å². The second-order valence-electron chi connectivity index (χ2n) is 5.89. The van der Waals surface area contributed by atoms with Crippen LogP contribution in [0.1, 0.15) is 17.7 Å². The number of rotatable bonds is 5. The molecule has 1 atom stereocenters. The van der Waals surface area contributed by atoms with E-state index in [4.69, 9.17) is 4.74 Å². The average Bonchev–Trinajstić information content (AvgIpc) is 2.99. The Morgan fingerprint density at radius 3 is 2.71 bits per heavy atom. The van der Waals surface area contributed by atoms with Crippen molar-refractivity contribution in [1.82, 2.24) is 9.29 Å². The van der Waals surface area contributed by atoms with Gasteiger partial charge in [0.05, 0.1) is 12.3 Å². The first-order valence-electron chi connectivity index (χ1n) is 7.75. The van der Waals surface area contributed by atoms with Crippen LogP contribution in [-0.4, -0.2) is 36.9 Å². The molecule has 0 amide bonds. The lowest BCUT2D eigenvalue weighted by Crippen LogP contribution is -2.32. The SMILES string of the molecule is Cc1cccc(OC2CCN(S(=O)(=O)Cc3ccc(F)cc3)C2)n1. The summed E-state index contributed by atoms with van der Waals surface area (Å²) in [4.78, 5) is 4.27. The number of hydrogen-bond donors (Lipinski definition) is 0. The molecule has 0 N–H and O–H groups in total. The van der Waals surface area contributed by atoms with Crippen molar-refractivity contribution in [3.05, 3.63) is 59.5 Å². The summed E-state index contributed by atoms with van der Waals surface area (Å²) >= 11 is 0. The molecule has 2 aromatic rings. The van der Waals surface area contributed by atoms with Gasteiger partial charge >= 0.3 is 0 Å². The molecule has 0 radical (unpaired) electrons. The van der Waals surface area contributed by atoms with Gasteiger partial charge in [0.15, 0.2) is 0 Å². The molecule has 1 fully saturated rings. The van der Waals surface area contributed by atoms with Crippen LogP contribution < -0.4 is 4.74 Å². The van der Waals surface area contributed by atoms with Gasteiger partial charge in [0, 0.05) is 18.3 Å². The maximum Gasteiger partial charge on any atom is 0.218 e. The highest BCUT2D eigenvalue weighted by molar-refractivity contribution is 7.88. The Labute approximate surface area is 141 Å². The van der Waals surface area contributed by atoms with E-state index < -0.39 is 10.0 Å². The fourth-order valence-corrected chi connectivity index (χ4v) is 4.26. The lowest BCUT2D eigenvalue weighted by Gasteiger charge is -2.17. The molecule has 2 heterocycles. The molecule has 1 aromatic heterocycles. The number of aryl methyl sites for hydroxylation is 1. The van der Waals surface area contributed by atoms with E-state index in [2.05, 4.69) is 4.98 Å². The highest BCUT2D eigenvalue weighted by atomic mass is 32.2. The molecule has 5 nitrogen and oxygen atoms in total. The normalized spacial score (nSPS) is 18.7. The summed E-state index contributed by atoms with van der Waals surface area (Å²) in [6.45, 7) is 2.60. The number of ether oxygens (including phenoxy) is 1. The van der Waals surface area contributed by atoms with E-state index in [0.717, 1.165) is 5.69 Å². The highest BCUT2D eigenvalue weighted by Gasteiger charge is 2.32. The van der Waals surface area contributed by atoms with E-state index in [1.165, 1.54) is 28.6 Å². The summed E-state index contributed by atoms with van der Waals surface area (Å²) in [5.74, 6) is -0.00268. The van der Waals surface area contributed by atoms with Crippen LogP contribution in [-0.2, 0) is 15.8 Å². The van der Waals surface area contributed by atoms with Gasteiger partial charge in [-0.05, 0) is 37.1 Å². The van der Waals surface area contributed by atoms with Gasteiger partial charge in [-0.25, -0.2) is 17.8 Å². The summed E-state index contributed by atoms with van der Waals surface area (Å²) < 4.78 is 45.1. The molecule has 0 bridgehead atoms. The third kappa shape index (κ3) is 4.10. The fraction of sp³-hybridized carbons (Fsp3) is 0.353. The molecule has 0 aliphatic carbocycles. The standard InChI is InChI=1S/C17H19FN2O3S/c1-13-3-2-4-17(19-13)23-16-9-10-20(11-16)24(21,22)12-14-5-7-15(18)8-6-14/h2-8,16H,9-12H2,1H3. The van der Waals surface area contributed by atoms with Gasteiger partial charge in [0.1, 0.15) is 11.9 Å². The maximum absolute atomic E-state index is 12.9. The topological polar surface area (TPSA) is 59.5 Å². The number of hydrogen-bond acceptors (Lipinski definition) is 4. The molecule has 3 rings (SSSR count). The van der Waals surface area contributed by atoms with Gasteiger partial charge in [-0.3, -0.25) is 0 Å². The lowest BCUT2D eigenvalue weighted by molar-refractivity contribution is 0.206. The number of aromatic nitrogens is 1. The van der Waals surface area contributed by atoms with Crippen LogP contribution in [0.25, 0.3) is 0 Å². The van der Waals surface area contributed by atoms with Crippen LogP contribution in [0.4, 0.5) is 4.39 Å². The number of sulfonamides is 1. The van der Waals surface area contributed by atoms with Crippen LogP contribution in [0.2, 0.25) is 0 Å². The lowest BCUT2D eigenvalue weighted by atomic mass is 10.2. The summed E-state index contributed by atoms with van der Waals surface area (Å²) in [6, 6.07) is 11.0. The predicted octanol–water partition coefficient (Wildman–Crippen LogP) is 2.51. The molecule has 1 saturated heterocycles. The van der Waals surface area contributed by atoms with Crippen LogP contribution in [0.3, 0.4) is 0 Å². The predicted molar refractivity (Wildman–Crippen MR) is 88.6 cm³/mol. The monoisotopic (exact) mass is 350 g/mol. The smallest absolute Gasteiger partial charge is 0.218 e. The Kier molecular flexibility index (Phi) is 4.82. The molecule has 1 aromatic carbocycles. The minimum Gasteiger partial charge on any atom is -0.473 e. The minimum absolute atomic E-state index is 0.136. The molecule has 24 heavy (non-hydrogen) atoms. The molecule has 0 saturated carbocycles. The van der Waals surface area contributed by atoms with Crippen molar-refractivity contribution >= 4 is 10.0 Å². The van der Waals surface area contributed by atoms with Gasteiger partial charge in [0.25, 0.3) is 0 Å². The second kappa shape index (κ2) is 6.86. The first-order valence-corrected chi connectivity index (χ1v) is 9.36. The molecule has 7 heteroatoms. The summed E-state index contributed by atoms with van der Waals surface area (Å²) in [5.41, 5.74) is 1.42. The zero-order chi connectivity index (χ0) is 17.2. The van der Waals surface area contributed by atoms with Crippen molar-refractivity contribution in [2.75, 3.05) is 13.1 Å². The third-order valence-corrected chi connectivity index (χ3v) is 5.73. The summed E-state index contributed by atoms with van der Waals surface area (Å²) in [6.07, 6.45) is 0.417. The zero-order valence-electron chi connectivity index (χ0n) is 13.4. The van der Waals surface area contributed by atoms with Gasteiger partial charge in [0.2, 0.25) is 15.9 Å². The molecule has 0 spiro atoms. The van der Waals surface area contributed by atoms with Crippen molar-refractivity contribution < 1.29 is 17.5 Å². The fourth-order valence-electron chi connectivity index (χ4n) is 2.68. The van der Waals surface area contributed by atoms with E-state index >= 15 is 0 Å². The number of pyridine rings is 1. The second-order valence-corrected chi connectivity index (χ2v) is 7.86. The number of nitrogens with zero attached hydrogens (tertiary/aromatic N) is 2. The van der Waals surface area contributed by atoms with Crippen molar-refractivity contribution in [1.29, 1.82) is 0 Å². The third-order valence-electron chi connectivity index (χ3n) is 3.91. The minimum atomic E-state index is -3.45. The number of halogens is 1. The molecule has 128 valence electrons. The Bertz CT molecular complexity index is 809. The van der Waals surface area contributed by atoms with Gasteiger partial charge < -0.3 is 4.74 Å². The van der Waals surface area contributed by atoms with Crippen LogP contribution in [0.15, 0.2) is 42.5 Å². The van der Waals surface area contributed by atoms with E-state index in [9.17, 15) is 12.8 Å². The van der Waals surface area contributed by atoms with Crippen molar-refractivity contribution in [2.45, 2.75) is 25.2 Å². The number of benzene rings is 1. The Balaban J connectivity index is 1.62. The summed E-state index contributed by atoms with van der Waals surface area (Å²) in [7, 11) is -3.45. The Morgan fingerprint density at radius 1 is 1.25 bits per heavy atom. The molecular formula is C17H19FN2O3S. The Hall–Kier alpha value is -1.99.